The summed E-state index contributed by atoms with van der Waals surface area (Å²) in [6.07, 6.45) is -0.140. The van der Waals surface area contributed by atoms with Crippen molar-refractivity contribution in [2.75, 3.05) is 54.3 Å². The lowest BCUT2D eigenvalue weighted by molar-refractivity contribution is 0.0110. The molecule has 258 valence electrons. The van der Waals surface area contributed by atoms with Crippen LogP contribution in [0.1, 0.15) is 57.2 Å². The van der Waals surface area contributed by atoms with E-state index < -0.39 is 18.1 Å². The number of amides is 3. The number of methoxy groups -OCH3 is 3. The number of rotatable bonds is 9. The molecule has 2 atom stereocenters. The molecular weight excluding hydrogens is 634 g/mol. The van der Waals surface area contributed by atoms with Gasteiger partial charge in [-0.05, 0) is 42.9 Å². The quantitative estimate of drug-likeness (QED) is 0.316. The maximum absolute atomic E-state index is 13.7. The van der Waals surface area contributed by atoms with Gasteiger partial charge < -0.3 is 48.3 Å². The monoisotopic (exact) mass is 673 g/mol. The molecule has 0 aliphatic carbocycles. The standard InChI is InChI=1S/C36H39N3O10/c1-5-37-35(41)39-14-13-22-24(15-21-16-38(17-21)36(42)46-18-20-9-7-6-8-10-20)30-33(48-19-47-30)32(45-4)26(22)28(39)29-23-11-12-25(43-2)31(44-3)27(23)34(40)49-29/h6-12,21,28-29H,5,13-19H2,1-4H3,(H,37,41)/t28-,29+/m1/s1. The Balaban J connectivity index is 1.24. The minimum absolute atomic E-state index is 0.00708. The van der Waals surface area contributed by atoms with Crippen molar-refractivity contribution in [1.29, 1.82) is 0 Å². The molecule has 3 amide bonds. The molecule has 13 heteroatoms. The second kappa shape index (κ2) is 13.3. The first-order valence-electron chi connectivity index (χ1n) is 16.3. The van der Waals surface area contributed by atoms with Gasteiger partial charge in [0.25, 0.3) is 0 Å². The highest BCUT2D eigenvalue weighted by Gasteiger charge is 2.49. The number of hydrogen-bond acceptors (Lipinski definition) is 10. The Kier molecular flexibility index (Phi) is 8.74. The number of ether oxygens (including phenoxy) is 7. The van der Waals surface area contributed by atoms with Crippen molar-refractivity contribution >= 4 is 18.1 Å². The molecule has 0 spiro atoms. The van der Waals surface area contributed by atoms with Gasteiger partial charge in [-0.3, -0.25) is 0 Å². The Hall–Kier alpha value is -5.33. The number of nitrogens with zero attached hydrogens (tertiary/aromatic N) is 2. The van der Waals surface area contributed by atoms with Crippen LogP contribution in [0.4, 0.5) is 9.59 Å². The second-order valence-electron chi connectivity index (χ2n) is 12.3. The summed E-state index contributed by atoms with van der Waals surface area (Å²) in [7, 11) is 4.52. The number of nitrogens with one attached hydrogen (secondary N) is 1. The summed E-state index contributed by atoms with van der Waals surface area (Å²) < 4.78 is 40.8. The topological polar surface area (TPSA) is 134 Å². The first-order valence-corrected chi connectivity index (χ1v) is 16.3. The number of esters is 1. The molecule has 0 aromatic heterocycles. The lowest BCUT2D eigenvalue weighted by atomic mass is 9.80. The summed E-state index contributed by atoms with van der Waals surface area (Å²) in [4.78, 5) is 43.4. The number of urea groups is 1. The highest BCUT2D eigenvalue weighted by atomic mass is 16.7. The molecule has 0 unspecified atom stereocenters. The SMILES string of the molecule is CCNC(=O)N1CCc2c(CC3CN(C(=O)OCc4ccccc4)C3)c3c(c(OC)c2[C@@H]1[C@H]1OC(=O)c2c1ccc(OC)c2OC)OCO3. The number of fused-ring (bicyclic) bond motifs is 3. The predicted molar refractivity (Wildman–Crippen MR) is 174 cm³/mol. The van der Waals surface area contributed by atoms with Crippen molar-refractivity contribution < 1.29 is 47.5 Å². The molecule has 3 aromatic rings. The summed E-state index contributed by atoms with van der Waals surface area (Å²) in [6.45, 7) is 3.87. The normalized spacial score (nSPS) is 19.0. The summed E-state index contributed by atoms with van der Waals surface area (Å²) >= 11 is 0. The average Bonchev–Trinajstić information content (AvgIpc) is 3.72. The first-order chi connectivity index (χ1) is 23.9. The van der Waals surface area contributed by atoms with Crippen LogP contribution in [0.25, 0.3) is 0 Å². The molecule has 3 aromatic carbocycles. The fraction of sp³-hybridized carbons (Fsp3) is 0.417. The number of benzene rings is 3. The summed E-state index contributed by atoms with van der Waals surface area (Å²) in [5.41, 5.74) is 4.32. The zero-order valence-corrected chi connectivity index (χ0v) is 27.9. The summed E-state index contributed by atoms with van der Waals surface area (Å²) in [5.74, 6) is 1.68. The Bertz CT molecular complexity index is 1770. The Morgan fingerprint density at radius 1 is 0.959 bits per heavy atom. The van der Waals surface area contributed by atoms with Crippen molar-refractivity contribution in [3.63, 3.8) is 0 Å². The Morgan fingerprint density at radius 2 is 1.71 bits per heavy atom. The minimum atomic E-state index is -0.885. The van der Waals surface area contributed by atoms with E-state index in [4.69, 9.17) is 33.2 Å². The van der Waals surface area contributed by atoms with Crippen LogP contribution in [0.3, 0.4) is 0 Å². The van der Waals surface area contributed by atoms with Gasteiger partial charge in [0.15, 0.2) is 29.1 Å². The Labute approximate surface area is 283 Å². The van der Waals surface area contributed by atoms with Gasteiger partial charge in [-0.2, -0.15) is 0 Å². The molecule has 0 radical (unpaired) electrons. The van der Waals surface area contributed by atoms with Crippen LogP contribution in [-0.4, -0.2) is 82.2 Å². The molecule has 4 aliphatic heterocycles. The van der Waals surface area contributed by atoms with Crippen molar-refractivity contribution in [2.45, 2.75) is 38.5 Å². The van der Waals surface area contributed by atoms with Gasteiger partial charge in [0.1, 0.15) is 18.2 Å². The molecule has 1 saturated heterocycles. The van der Waals surface area contributed by atoms with E-state index in [2.05, 4.69) is 5.32 Å². The van der Waals surface area contributed by atoms with Crippen LogP contribution in [0.15, 0.2) is 42.5 Å². The van der Waals surface area contributed by atoms with Crippen molar-refractivity contribution in [3.05, 3.63) is 75.8 Å². The average molecular weight is 674 g/mol. The second-order valence-corrected chi connectivity index (χ2v) is 12.3. The van der Waals surface area contributed by atoms with Crippen LogP contribution in [0.5, 0.6) is 28.7 Å². The molecule has 1 fully saturated rings. The highest BCUT2D eigenvalue weighted by molar-refractivity contribution is 5.98. The van der Waals surface area contributed by atoms with Gasteiger partial charge in [-0.25, -0.2) is 14.4 Å². The molecular formula is C36H39N3O10. The maximum Gasteiger partial charge on any atom is 0.410 e. The summed E-state index contributed by atoms with van der Waals surface area (Å²) in [6, 6.07) is 12.0. The zero-order chi connectivity index (χ0) is 34.2. The highest BCUT2D eigenvalue weighted by Crippen LogP contribution is 2.57. The lowest BCUT2D eigenvalue weighted by Crippen LogP contribution is -2.51. The molecule has 13 nitrogen and oxygen atoms in total. The van der Waals surface area contributed by atoms with Crippen LogP contribution < -0.4 is 29.0 Å². The molecule has 0 saturated carbocycles. The third kappa shape index (κ3) is 5.56. The summed E-state index contributed by atoms with van der Waals surface area (Å²) in [5, 5.41) is 2.92. The molecule has 1 N–H and O–H groups in total. The maximum atomic E-state index is 13.7. The van der Waals surface area contributed by atoms with Crippen LogP contribution in [0.2, 0.25) is 0 Å². The van der Waals surface area contributed by atoms with Gasteiger partial charge >= 0.3 is 18.1 Å². The van der Waals surface area contributed by atoms with Crippen LogP contribution in [-0.2, 0) is 28.9 Å². The number of cyclic esters (lactones) is 1. The van der Waals surface area contributed by atoms with E-state index in [-0.39, 0.29) is 42.8 Å². The van der Waals surface area contributed by atoms with E-state index >= 15 is 0 Å². The van der Waals surface area contributed by atoms with Gasteiger partial charge in [-0.15, -0.1) is 0 Å². The fourth-order valence-corrected chi connectivity index (χ4v) is 7.38. The van der Waals surface area contributed by atoms with E-state index in [1.807, 2.05) is 37.3 Å². The van der Waals surface area contributed by atoms with E-state index in [0.29, 0.717) is 73.1 Å². The van der Waals surface area contributed by atoms with E-state index in [9.17, 15) is 14.4 Å². The van der Waals surface area contributed by atoms with E-state index in [1.165, 1.54) is 14.2 Å². The van der Waals surface area contributed by atoms with E-state index in [0.717, 1.165) is 16.7 Å². The van der Waals surface area contributed by atoms with Gasteiger partial charge in [-0.1, -0.05) is 36.4 Å². The Morgan fingerprint density at radius 3 is 2.43 bits per heavy atom. The number of likely N-dealkylation sites (tertiary alicyclic amines) is 1. The van der Waals surface area contributed by atoms with Gasteiger partial charge in [0.05, 0.1) is 21.3 Å². The molecule has 4 heterocycles. The first kappa shape index (κ1) is 32.2. The third-order valence-corrected chi connectivity index (χ3v) is 9.58. The van der Waals surface area contributed by atoms with Gasteiger partial charge in [0, 0.05) is 42.9 Å². The van der Waals surface area contributed by atoms with Crippen LogP contribution in [0, 0.1) is 5.92 Å². The smallest absolute Gasteiger partial charge is 0.410 e. The largest absolute Gasteiger partial charge is 0.493 e. The molecule has 4 aliphatic rings. The lowest BCUT2D eigenvalue weighted by Gasteiger charge is -2.42. The third-order valence-electron chi connectivity index (χ3n) is 9.58. The van der Waals surface area contributed by atoms with Crippen molar-refractivity contribution in [2.24, 2.45) is 5.92 Å². The number of carbonyl (C=O) groups excluding carboxylic acids is 3. The van der Waals surface area contributed by atoms with E-state index in [1.54, 1.807) is 29.0 Å². The molecule has 0 bridgehead atoms. The van der Waals surface area contributed by atoms with Crippen LogP contribution >= 0.6 is 0 Å². The number of hydrogen-bond donors (Lipinski definition) is 1. The predicted octanol–water partition coefficient (Wildman–Crippen LogP) is 4.79. The van der Waals surface area contributed by atoms with Crippen molar-refractivity contribution in [1.82, 2.24) is 15.1 Å². The molecule has 49 heavy (non-hydrogen) atoms. The number of carbonyl (C=O) groups is 3. The van der Waals surface area contributed by atoms with Crippen molar-refractivity contribution in [3.8, 4) is 28.7 Å². The zero-order valence-electron chi connectivity index (χ0n) is 27.9. The fourth-order valence-electron chi connectivity index (χ4n) is 7.38. The van der Waals surface area contributed by atoms with Gasteiger partial charge in [0.2, 0.25) is 12.5 Å². The molecule has 7 rings (SSSR count). The minimum Gasteiger partial charge on any atom is -0.493 e.